The van der Waals surface area contributed by atoms with E-state index in [4.69, 9.17) is 28.3 Å². The Balaban J connectivity index is 3.40. The number of phenolic OH excluding ortho intramolecular Hbond substituents is 1. The minimum absolute atomic E-state index is 0.0270. The van der Waals surface area contributed by atoms with Gasteiger partial charge in [-0.25, -0.2) is 0 Å². The van der Waals surface area contributed by atoms with E-state index >= 15 is 0 Å². The fraction of sp³-hybridized carbons (Fsp3) is 0. The van der Waals surface area contributed by atoms with Crippen LogP contribution in [0, 0.1) is 0 Å². The maximum absolute atomic E-state index is 10.3. The summed E-state index contributed by atoms with van der Waals surface area (Å²) in [5.74, 6) is -0.269. The summed E-state index contributed by atoms with van der Waals surface area (Å²) < 4.78 is 0. The quantitative estimate of drug-likeness (QED) is 0.692. The third kappa shape index (κ3) is 1.47. The van der Waals surface area contributed by atoms with Crippen molar-refractivity contribution < 1.29 is 9.90 Å². The highest BCUT2D eigenvalue weighted by Gasteiger charge is 2.08. The Kier molecular flexibility index (Phi) is 2.37. The lowest BCUT2D eigenvalue weighted by Gasteiger charge is -2.00. The molecule has 0 atom stereocenters. The fourth-order valence-electron chi connectivity index (χ4n) is 0.669. The van der Waals surface area contributed by atoms with Crippen molar-refractivity contribution in [3.8, 4) is 5.75 Å². The van der Waals surface area contributed by atoms with Crippen LogP contribution in [0.2, 0.25) is 10.0 Å². The van der Waals surface area contributed by atoms with Crippen molar-refractivity contribution in [3.05, 3.63) is 27.7 Å². The van der Waals surface area contributed by atoms with Crippen molar-refractivity contribution >= 4 is 29.5 Å². The normalized spacial score (nSPS) is 9.64. The number of hydrogen-bond acceptors (Lipinski definition) is 2. The highest BCUT2D eigenvalue weighted by Crippen LogP contribution is 2.30. The number of carbonyl (C=O) groups excluding carboxylic acids is 1. The summed E-state index contributed by atoms with van der Waals surface area (Å²) in [6.45, 7) is 0. The topological polar surface area (TPSA) is 37.3 Å². The Morgan fingerprint density at radius 1 is 1.27 bits per heavy atom. The SMILES string of the molecule is O=Cc1c(Cl)ccc(Cl)c1O. The van der Waals surface area contributed by atoms with Crippen LogP contribution < -0.4 is 0 Å². The van der Waals surface area contributed by atoms with Crippen molar-refractivity contribution in [3.63, 3.8) is 0 Å². The van der Waals surface area contributed by atoms with Crippen molar-refractivity contribution in [1.82, 2.24) is 0 Å². The van der Waals surface area contributed by atoms with Gasteiger partial charge in [0.1, 0.15) is 5.75 Å². The predicted molar refractivity (Wildman–Crippen MR) is 43.5 cm³/mol. The smallest absolute Gasteiger partial charge is 0.155 e. The average Bonchev–Trinajstić information content (AvgIpc) is 1.99. The first-order valence-electron chi connectivity index (χ1n) is 2.79. The van der Waals surface area contributed by atoms with E-state index in [-0.39, 0.29) is 21.4 Å². The molecular weight excluding hydrogens is 187 g/mol. The van der Waals surface area contributed by atoms with Crippen LogP contribution in [0.1, 0.15) is 10.4 Å². The third-order valence-electron chi connectivity index (χ3n) is 1.23. The summed E-state index contributed by atoms with van der Waals surface area (Å²) in [7, 11) is 0. The summed E-state index contributed by atoms with van der Waals surface area (Å²) in [4.78, 5) is 10.3. The summed E-state index contributed by atoms with van der Waals surface area (Å²) >= 11 is 11.0. The molecule has 58 valence electrons. The number of benzene rings is 1. The second kappa shape index (κ2) is 3.11. The molecule has 0 aliphatic rings. The molecule has 0 amide bonds. The van der Waals surface area contributed by atoms with E-state index in [1.807, 2.05) is 0 Å². The Morgan fingerprint density at radius 3 is 2.27 bits per heavy atom. The molecule has 0 saturated heterocycles. The van der Waals surface area contributed by atoms with Gasteiger partial charge in [0.15, 0.2) is 6.29 Å². The molecule has 0 heterocycles. The van der Waals surface area contributed by atoms with Crippen LogP contribution in [0.4, 0.5) is 0 Å². The van der Waals surface area contributed by atoms with E-state index in [1.54, 1.807) is 0 Å². The first-order valence-corrected chi connectivity index (χ1v) is 3.54. The van der Waals surface area contributed by atoms with Gasteiger partial charge in [0.05, 0.1) is 15.6 Å². The van der Waals surface area contributed by atoms with Gasteiger partial charge in [0.2, 0.25) is 0 Å². The van der Waals surface area contributed by atoms with Gasteiger partial charge < -0.3 is 5.11 Å². The molecule has 0 radical (unpaired) electrons. The molecule has 0 spiro atoms. The van der Waals surface area contributed by atoms with Crippen LogP contribution in [0.5, 0.6) is 5.75 Å². The Hall–Kier alpha value is -0.730. The number of rotatable bonds is 1. The zero-order valence-corrected chi connectivity index (χ0v) is 6.86. The van der Waals surface area contributed by atoms with E-state index in [2.05, 4.69) is 0 Å². The third-order valence-corrected chi connectivity index (χ3v) is 1.87. The predicted octanol–water partition coefficient (Wildman–Crippen LogP) is 2.51. The molecule has 0 aliphatic heterocycles. The Labute approximate surface area is 73.4 Å². The Bertz CT molecular complexity index is 297. The minimum Gasteiger partial charge on any atom is -0.506 e. The number of halogens is 2. The molecular formula is C7H4Cl2O2. The highest BCUT2D eigenvalue weighted by atomic mass is 35.5. The first-order chi connectivity index (χ1) is 5.16. The fourth-order valence-corrected chi connectivity index (χ4v) is 1.03. The molecule has 0 fully saturated rings. The molecule has 1 aromatic rings. The van der Waals surface area contributed by atoms with Gasteiger partial charge in [-0.3, -0.25) is 4.79 Å². The van der Waals surface area contributed by atoms with Crippen LogP contribution in [0.25, 0.3) is 0 Å². The lowest BCUT2D eigenvalue weighted by molar-refractivity contribution is 0.112. The van der Waals surface area contributed by atoms with Crippen LogP contribution >= 0.6 is 23.2 Å². The van der Waals surface area contributed by atoms with E-state index in [1.165, 1.54) is 12.1 Å². The molecule has 0 bridgehead atoms. The molecule has 1 aromatic carbocycles. The van der Waals surface area contributed by atoms with Gasteiger partial charge in [-0.05, 0) is 12.1 Å². The summed E-state index contributed by atoms with van der Waals surface area (Å²) in [6.07, 6.45) is 0.462. The molecule has 11 heavy (non-hydrogen) atoms. The van der Waals surface area contributed by atoms with Gasteiger partial charge in [-0.15, -0.1) is 0 Å². The maximum atomic E-state index is 10.3. The van der Waals surface area contributed by atoms with Crippen LogP contribution in [0.15, 0.2) is 12.1 Å². The van der Waals surface area contributed by atoms with Crippen LogP contribution in [-0.2, 0) is 0 Å². The van der Waals surface area contributed by atoms with Crippen molar-refractivity contribution in [2.24, 2.45) is 0 Å². The average molecular weight is 191 g/mol. The van der Waals surface area contributed by atoms with Crippen molar-refractivity contribution in [2.45, 2.75) is 0 Å². The number of hydrogen-bond donors (Lipinski definition) is 1. The number of aromatic hydroxyl groups is 1. The zero-order chi connectivity index (χ0) is 8.43. The number of phenols is 1. The summed E-state index contributed by atoms with van der Waals surface area (Å²) in [5.41, 5.74) is 0.0270. The monoisotopic (exact) mass is 190 g/mol. The lowest BCUT2D eigenvalue weighted by Crippen LogP contribution is -1.83. The standard InChI is InChI=1S/C7H4Cl2O2/c8-5-1-2-6(9)7(11)4(5)3-10/h1-3,11H. The molecule has 2 nitrogen and oxygen atoms in total. The Morgan fingerprint density at radius 2 is 1.82 bits per heavy atom. The van der Waals surface area contributed by atoms with Gasteiger partial charge >= 0.3 is 0 Å². The maximum Gasteiger partial charge on any atom is 0.155 e. The lowest BCUT2D eigenvalue weighted by atomic mass is 10.2. The van der Waals surface area contributed by atoms with Crippen LogP contribution in [-0.4, -0.2) is 11.4 Å². The van der Waals surface area contributed by atoms with E-state index in [0.29, 0.717) is 6.29 Å². The molecule has 0 aromatic heterocycles. The molecule has 0 unspecified atom stereocenters. The molecule has 1 rings (SSSR count). The second-order valence-electron chi connectivity index (χ2n) is 1.91. The van der Waals surface area contributed by atoms with Crippen LogP contribution in [0.3, 0.4) is 0 Å². The zero-order valence-electron chi connectivity index (χ0n) is 5.34. The van der Waals surface area contributed by atoms with E-state index in [0.717, 1.165) is 0 Å². The molecule has 0 aliphatic carbocycles. The number of carbonyl (C=O) groups is 1. The van der Waals surface area contributed by atoms with Crippen molar-refractivity contribution in [2.75, 3.05) is 0 Å². The van der Waals surface area contributed by atoms with Gasteiger partial charge in [0.25, 0.3) is 0 Å². The molecule has 4 heteroatoms. The first kappa shape index (κ1) is 8.37. The summed E-state index contributed by atoms with van der Waals surface area (Å²) in [6, 6.07) is 2.87. The molecule has 1 N–H and O–H groups in total. The van der Waals surface area contributed by atoms with E-state index in [9.17, 15) is 4.79 Å². The second-order valence-corrected chi connectivity index (χ2v) is 2.72. The van der Waals surface area contributed by atoms with Gasteiger partial charge in [0, 0.05) is 0 Å². The van der Waals surface area contributed by atoms with Crippen molar-refractivity contribution in [1.29, 1.82) is 0 Å². The van der Waals surface area contributed by atoms with Gasteiger partial charge in [-0.1, -0.05) is 23.2 Å². The highest BCUT2D eigenvalue weighted by molar-refractivity contribution is 6.36. The minimum atomic E-state index is -0.269. The van der Waals surface area contributed by atoms with E-state index < -0.39 is 0 Å². The largest absolute Gasteiger partial charge is 0.506 e. The number of aldehydes is 1. The van der Waals surface area contributed by atoms with Gasteiger partial charge in [-0.2, -0.15) is 0 Å². The molecule has 0 saturated carbocycles. The summed E-state index contributed by atoms with van der Waals surface area (Å²) in [5, 5.41) is 9.45.